The smallest absolute Gasteiger partial charge is 0.414 e. The molecule has 1 aliphatic carbocycles. The van der Waals surface area contributed by atoms with Gasteiger partial charge in [0.15, 0.2) is 5.76 Å². The summed E-state index contributed by atoms with van der Waals surface area (Å²) in [6.07, 6.45) is 6.04. The lowest BCUT2D eigenvalue weighted by Crippen LogP contribution is -2.38. The predicted molar refractivity (Wildman–Crippen MR) is 127 cm³/mol. The van der Waals surface area contributed by atoms with Crippen LogP contribution in [0.15, 0.2) is 34.8 Å². The number of anilines is 1. The van der Waals surface area contributed by atoms with Crippen LogP contribution in [0.4, 0.5) is 14.9 Å². The SMILES string of the molecule is CC(=O)NCC1CN(c2ccc(C3CCN(C(=O)c4cc5c(o4)CCC=C5)CC3)c(F)c2)C(=O)O1. The van der Waals surface area contributed by atoms with Crippen LogP contribution >= 0.6 is 0 Å². The molecule has 9 heteroatoms. The maximum Gasteiger partial charge on any atom is 0.414 e. The van der Waals surface area contributed by atoms with E-state index in [4.69, 9.17) is 9.15 Å². The van der Waals surface area contributed by atoms with Gasteiger partial charge in [0, 0.05) is 32.0 Å². The summed E-state index contributed by atoms with van der Waals surface area (Å²) < 4.78 is 26.1. The number of cyclic esters (lactones) is 1. The third kappa shape index (κ3) is 4.80. The number of fused-ring (bicyclic) bond motifs is 1. The number of nitrogens with zero attached hydrogens (tertiary/aromatic N) is 2. The molecule has 2 fully saturated rings. The lowest BCUT2D eigenvalue weighted by molar-refractivity contribution is -0.119. The number of hydrogen-bond donors (Lipinski definition) is 1. The van der Waals surface area contributed by atoms with E-state index in [2.05, 4.69) is 11.4 Å². The van der Waals surface area contributed by atoms with Crippen LogP contribution in [0.2, 0.25) is 0 Å². The number of allylic oxidation sites excluding steroid dienone is 1. The van der Waals surface area contributed by atoms with Gasteiger partial charge < -0.3 is 19.4 Å². The Kier molecular flexibility index (Phi) is 6.32. The number of aryl methyl sites for hydroxylation is 1. The molecular weight excluding hydrogens is 453 g/mol. The normalized spacial score (nSPS) is 20.1. The van der Waals surface area contributed by atoms with Gasteiger partial charge in [0.05, 0.1) is 18.8 Å². The quantitative estimate of drug-likeness (QED) is 0.700. The van der Waals surface area contributed by atoms with Crippen molar-refractivity contribution in [1.82, 2.24) is 10.2 Å². The highest BCUT2D eigenvalue weighted by Crippen LogP contribution is 2.33. The number of hydrogen-bond acceptors (Lipinski definition) is 5. The van der Waals surface area contributed by atoms with E-state index in [0.29, 0.717) is 42.9 Å². The molecule has 3 amide bonds. The molecule has 2 saturated heterocycles. The van der Waals surface area contributed by atoms with Gasteiger partial charge in [-0.25, -0.2) is 9.18 Å². The van der Waals surface area contributed by atoms with Crippen LogP contribution in [-0.2, 0) is 16.0 Å². The molecule has 1 N–H and O–H groups in total. The van der Waals surface area contributed by atoms with Gasteiger partial charge in [-0.15, -0.1) is 0 Å². The minimum atomic E-state index is -0.561. The van der Waals surface area contributed by atoms with Crippen LogP contribution in [0.25, 0.3) is 6.08 Å². The number of amides is 3. The predicted octanol–water partition coefficient (Wildman–Crippen LogP) is 3.86. The summed E-state index contributed by atoms with van der Waals surface area (Å²) >= 11 is 0. The Bertz CT molecular complexity index is 1180. The number of ether oxygens (including phenoxy) is 1. The Morgan fingerprint density at radius 2 is 2.00 bits per heavy atom. The number of furan rings is 1. The average molecular weight is 482 g/mol. The number of piperidine rings is 1. The standard InChI is InChI=1S/C26H28FN3O5/c1-16(31)28-14-20-15-30(26(33)34-20)19-6-7-21(22(27)13-19)17-8-10-29(11-9-17)25(32)24-12-18-4-2-3-5-23(18)35-24/h2,4,6-7,12-13,17,20H,3,5,8-11,14-15H2,1H3,(H,28,31). The minimum absolute atomic E-state index is 0.0149. The lowest BCUT2D eigenvalue weighted by atomic mass is 9.88. The summed E-state index contributed by atoms with van der Waals surface area (Å²) in [7, 11) is 0. The summed E-state index contributed by atoms with van der Waals surface area (Å²) in [4.78, 5) is 39.4. The molecule has 35 heavy (non-hydrogen) atoms. The average Bonchev–Trinajstić information content (AvgIpc) is 3.46. The summed E-state index contributed by atoms with van der Waals surface area (Å²) in [6, 6.07) is 6.60. The number of carbonyl (C=O) groups is 3. The highest BCUT2D eigenvalue weighted by Gasteiger charge is 2.33. The second-order valence-corrected chi connectivity index (χ2v) is 9.26. The van der Waals surface area contributed by atoms with E-state index in [9.17, 15) is 14.4 Å². The first-order valence-corrected chi connectivity index (χ1v) is 12.0. The van der Waals surface area contributed by atoms with Crippen molar-refractivity contribution in [2.45, 2.75) is 44.6 Å². The maximum absolute atomic E-state index is 15.1. The first-order chi connectivity index (χ1) is 16.9. The molecule has 3 heterocycles. The van der Waals surface area contributed by atoms with Gasteiger partial charge in [-0.05, 0) is 48.9 Å². The highest BCUT2D eigenvalue weighted by atomic mass is 19.1. The zero-order valence-electron chi connectivity index (χ0n) is 19.6. The monoisotopic (exact) mass is 481 g/mol. The maximum atomic E-state index is 15.1. The molecule has 1 atom stereocenters. The van der Waals surface area contributed by atoms with Crippen LogP contribution in [0, 0.1) is 5.82 Å². The molecule has 1 unspecified atom stereocenters. The van der Waals surface area contributed by atoms with Gasteiger partial charge in [-0.1, -0.05) is 18.2 Å². The first kappa shape index (κ1) is 23.1. The Balaban J connectivity index is 1.20. The summed E-state index contributed by atoms with van der Waals surface area (Å²) in [5, 5.41) is 2.62. The molecule has 1 aromatic heterocycles. The van der Waals surface area contributed by atoms with Crippen molar-refractivity contribution in [3.8, 4) is 0 Å². The van der Waals surface area contributed by atoms with Gasteiger partial charge in [0.2, 0.25) is 5.91 Å². The molecule has 1 aromatic carbocycles. The van der Waals surface area contributed by atoms with Crippen LogP contribution in [0.5, 0.6) is 0 Å². The molecule has 3 aliphatic rings. The second kappa shape index (κ2) is 9.56. The molecule has 2 aliphatic heterocycles. The van der Waals surface area contributed by atoms with Crippen LogP contribution in [-0.4, -0.2) is 55.1 Å². The Labute approximate surface area is 202 Å². The van der Waals surface area contributed by atoms with E-state index < -0.39 is 12.2 Å². The van der Waals surface area contributed by atoms with E-state index in [1.807, 2.05) is 12.1 Å². The zero-order valence-corrected chi connectivity index (χ0v) is 19.6. The summed E-state index contributed by atoms with van der Waals surface area (Å²) in [5.74, 6) is 0.502. The molecule has 0 bridgehead atoms. The van der Waals surface area contributed by atoms with Gasteiger partial charge in [0.1, 0.15) is 17.7 Å². The topological polar surface area (TPSA) is 92.1 Å². The third-order valence-electron chi connectivity index (χ3n) is 6.86. The van der Waals surface area contributed by atoms with Gasteiger partial charge in [-0.2, -0.15) is 0 Å². The van der Waals surface area contributed by atoms with Crippen molar-refractivity contribution < 1.29 is 27.9 Å². The zero-order chi connectivity index (χ0) is 24.5. The van der Waals surface area contributed by atoms with E-state index in [-0.39, 0.29) is 36.6 Å². The molecule has 8 nitrogen and oxygen atoms in total. The fraction of sp³-hybridized carbons (Fsp3) is 0.423. The fourth-order valence-corrected chi connectivity index (χ4v) is 4.97. The lowest BCUT2D eigenvalue weighted by Gasteiger charge is -2.32. The minimum Gasteiger partial charge on any atom is -0.455 e. The van der Waals surface area contributed by atoms with E-state index in [0.717, 1.165) is 24.2 Å². The van der Waals surface area contributed by atoms with Crippen molar-refractivity contribution in [2.75, 3.05) is 31.1 Å². The van der Waals surface area contributed by atoms with E-state index in [1.54, 1.807) is 17.0 Å². The van der Waals surface area contributed by atoms with Crippen molar-refractivity contribution in [3.63, 3.8) is 0 Å². The van der Waals surface area contributed by atoms with Crippen molar-refractivity contribution in [3.05, 3.63) is 58.8 Å². The summed E-state index contributed by atoms with van der Waals surface area (Å²) in [6.45, 7) is 2.89. The van der Waals surface area contributed by atoms with Crippen molar-refractivity contribution in [1.29, 1.82) is 0 Å². The van der Waals surface area contributed by atoms with Crippen molar-refractivity contribution in [2.24, 2.45) is 0 Å². The number of rotatable bonds is 5. The third-order valence-corrected chi connectivity index (χ3v) is 6.86. The summed E-state index contributed by atoms with van der Waals surface area (Å²) in [5.41, 5.74) is 1.98. The molecule has 2 aromatic rings. The Hall–Kier alpha value is -3.62. The molecular formula is C26H28FN3O5. The molecule has 184 valence electrons. The number of carbonyl (C=O) groups excluding carboxylic acids is 3. The fourth-order valence-electron chi connectivity index (χ4n) is 4.97. The number of halogens is 1. The largest absolute Gasteiger partial charge is 0.455 e. The van der Waals surface area contributed by atoms with Gasteiger partial charge in [0.25, 0.3) is 5.91 Å². The molecule has 0 saturated carbocycles. The van der Waals surface area contributed by atoms with Crippen LogP contribution in [0.1, 0.15) is 59.5 Å². The number of nitrogens with one attached hydrogen (secondary N) is 1. The number of likely N-dealkylation sites (tertiary alicyclic amines) is 1. The molecule has 5 rings (SSSR count). The Morgan fingerprint density at radius 3 is 2.71 bits per heavy atom. The van der Waals surface area contributed by atoms with E-state index >= 15 is 4.39 Å². The van der Waals surface area contributed by atoms with Crippen LogP contribution in [0.3, 0.4) is 0 Å². The highest BCUT2D eigenvalue weighted by molar-refractivity contribution is 5.92. The Morgan fingerprint density at radius 1 is 1.20 bits per heavy atom. The second-order valence-electron chi connectivity index (χ2n) is 9.26. The first-order valence-electron chi connectivity index (χ1n) is 12.0. The number of benzene rings is 1. The molecule has 0 spiro atoms. The van der Waals surface area contributed by atoms with E-state index in [1.165, 1.54) is 17.9 Å². The van der Waals surface area contributed by atoms with Gasteiger partial charge >= 0.3 is 6.09 Å². The molecule has 0 radical (unpaired) electrons. The van der Waals surface area contributed by atoms with Crippen molar-refractivity contribution >= 4 is 29.7 Å². The van der Waals surface area contributed by atoms with Gasteiger partial charge in [-0.3, -0.25) is 14.5 Å². The van der Waals surface area contributed by atoms with Crippen LogP contribution < -0.4 is 10.2 Å².